The fraction of sp³-hybridized carbons (Fsp3) is 0.167. The maximum Gasteiger partial charge on any atom is 0.339 e. The summed E-state index contributed by atoms with van der Waals surface area (Å²) in [4.78, 5) is 16.0. The lowest BCUT2D eigenvalue weighted by atomic mass is 10.2. The average Bonchev–Trinajstić information content (AvgIpc) is 3.16. The van der Waals surface area contributed by atoms with Gasteiger partial charge in [0.15, 0.2) is 0 Å². The van der Waals surface area contributed by atoms with E-state index in [0.29, 0.717) is 29.0 Å². The number of carbonyl (C=O) groups is 1. The second kappa shape index (κ2) is 7.88. The quantitative estimate of drug-likeness (QED) is 0.657. The Labute approximate surface area is 154 Å². The van der Waals surface area contributed by atoms with Gasteiger partial charge in [-0.15, -0.1) is 0 Å². The highest BCUT2D eigenvalue weighted by Crippen LogP contribution is 2.23. The number of nitrogens with zero attached hydrogens (tertiary/aromatic N) is 2. The first-order chi connectivity index (χ1) is 12.6. The van der Waals surface area contributed by atoms with E-state index in [1.165, 1.54) is 7.11 Å². The maximum absolute atomic E-state index is 11.7. The fourth-order valence-corrected chi connectivity index (χ4v) is 2.46. The van der Waals surface area contributed by atoms with E-state index < -0.39 is 5.97 Å². The summed E-state index contributed by atoms with van der Waals surface area (Å²) in [5.41, 5.74) is 1.78. The number of methoxy groups -OCH3 is 2. The van der Waals surface area contributed by atoms with Crippen LogP contribution in [0.3, 0.4) is 0 Å². The molecule has 1 aromatic heterocycles. The molecule has 0 saturated heterocycles. The Kier molecular flexibility index (Phi) is 5.38. The Hall–Kier alpha value is -3.06. The van der Waals surface area contributed by atoms with Crippen molar-refractivity contribution in [1.29, 1.82) is 0 Å². The highest BCUT2D eigenvalue weighted by Gasteiger charge is 2.12. The zero-order chi connectivity index (χ0) is 18.5. The first-order valence-electron chi connectivity index (χ1n) is 7.69. The van der Waals surface area contributed by atoms with Gasteiger partial charge in [0.1, 0.15) is 5.75 Å². The Morgan fingerprint density at radius 3 is 2.65 bits per heavy atom. The van der Waals surface area contributed by atoms with E-state index in [-0.39, 0.29) is 5.56 Å². The minimum absolute atomic E-state index is 0.281. The van der Waals surface area contributed by atoms with E-state index in [4.69, 9.17) is 25.6 Å². The summed E-state index contributed by atoms with van der Waals surface area (Å²) in [6.45, 7) is 0.297. The molecule has 0 saturated carbocycles. The lowest BCUT2D eigenvalue weighted by molar-refractivity contribution is 0.0601. The van der Waals surface area contributed by atoms with Crippen LogP contribution in [0.2, 0.25) is 5.02 Å². The van der Waals surface area contributed by atoms with E-state index in [1.54, 1.807) is 25.3 Å². The number of carbonyl (C=O) groups excluding carboxylic acids is 1. The van der Waals surface area contributed by atoms with Gasteiger partial charge in [0.2, 0.25) is 11.7 Å². The molecule has 0 amide bonds. The second-order valence-corrected chi connectivity index (χ2v) is 5.69. The van der Waals surface area contributed by atoms with Crippen LogP contribution >= 0.6 is 11.6 Å². The van der Waals surface area contributed by atoms with Gasteiger partial charge in [-0.2, -0.15) is 4.98 Å². The molecule has 3 rings (SSSR count). The SMILES string of the molecule is COC(=O)c1cc(NCc2nc(-c3ccc(OC)cc3)no2)ccc1Cl. The molecule has 1 heterocycles. The molecule has 0 bridgehead atoms. The van der Waals surface area contributed by atoms with E-state index in [2.05, 4.69) is 15.5 Å². The van der Waals surface area contributed by atoms with Crippen LogP contribution in [-0.2, 0) is 11.3 Å². The maximum atomic E-state index is 11.7. The third-order valence-corrected chi connectivity index (χ3v) is 3.96. The summed E-state index contributed by atoms with van der Waals surface area (Å²) in [6.07, 6.45) is 0. The van der Waals surface area contributed by atoms with Gasteiger partial charge in [0.05, 0.1) is 31.4 Å². The lowest BCUT2D eigenvalue weighted by Crippen LogP contribution is -2.05. The van der Waals surface area contributed by atoms with Crippen LogP contribution in [0.1, 0.15) is 16.2 Å². The van der Waals surface area contributed by atoms with E-state index >= 15 is 0 Å². The number of anilines is 1. The Morgan fingerprint density at radius 2 is 1.96 bits per heavy atom. The highest BCUT2D eigenvalue weighted by atomic mass is 35.5. The summed E-state index contributed by atoms with van der Waals surface area (Å²) in [5.74, 6) is 1.14. The van der Waals surface area contributed by atoms with Crippen LogP contribution in [0.4, 0.5) is 5.69 Å². The monoisotopic (exact) mass is 373 g/mol. The van der Waals surface area contributed by atoms with E-state index in [9.17, 15) is 4.79 Å². The van der Waals surface area contributed by atoms with Crippen LogP contribution in [0, 0.1) is 0 Å². The molecule has 0 spiro atoms. The number of ether oxygens (including phenoxy) is 2. The summed E-state index contributed by atoms with van der Waals surface area (Å²) < 4.78 is 15.1. The molecule has 2 aromatic carbocycles. The van der Waals surface area contributed by atoms with Crippen molar-refractivity contribution in [2.24, 2.45) is 0 Å². The minimum atomic E-state index is -0.502. The predicted molar refractivity (Wildman–Crippen MR) is 96.4 cm³/mol. The van der Waals surface area contributed by atoms with Crippen molar-refractivity contribution in [2.75, 3.05) is 19.5 Å². The Morgan fingerprint density at radius 1 is 1.19 bits per heavy atom. The molecule has 0 fully saturated rings. The zero-order valence-corrected chi connectivity index (χ0v) is 14.9. The second-order valence-electron chi connectivity index (χ2n) is 5.28. The molecular weight excluding hydrogens is 358 g/mol. The molecule has 0 aliphatic carbocycles. The van der Waals surface area contributed by atoms with Crippen molar-refractivity contribution in [3.8, 4) is 17.1 Å². The van der Waals surface area contributed by atoms with Crippen LogP contribution < -0.4 is 10.1 Å². The molecule has 0 unspecified atom stereocenters. The summed E-state index contributed by atoms with van der Waals surface area (Å²) in [7, 11) is 2.91. The smallest absolute Gasteiger partial charge is 0.339 e. The molecule has 7 nitrogen and oxygen atoms in total. The number of aromatic nitrogens is 2. The van der Waals surface area contributed by atoms with Crippen LogP contribution in [-0.4, -0.2) is 30.3 Å². The largest absolute Gasteiger partial charge is 0.497 e. The minimum Gasteiger partial charge on any atom is -0.497 e. The molecular formula is C18H16ClN3O4. The Balaban J connectivity index is 1.69. The number of nitrogens with one attached hydrogen (secondary N) is 1. The van der Waals surface area contributed by atoms with Crippen molar-refractivity contribution in [1.82, 2.24) is 10.1 Å². The number of rotatable bonds is 6. The van der Waals surface area contributed by atoms with Crippen LogP contribution in [0.15, 0.2) is 47.0 Å². The van der Waals surface area contributed by atoms with E-state index in [0.717, 1.165) is 11.3 Å². The van der Waals surface area contributed by atoms with Gasteiger partial charge < -0.3 is 19.3 Å². The lowest BCUT2D eigenvalue weighted by Gasteiger charge is -2.07. The molecule has 1 N–H and O–H groups in total. The van der Waals surface area contributed by atoms with Crippen molar-refractivity contribution in [3.05, 3.63) is 58.9 Å². The zero-order valence-electron chi connectivity index (χ0n) is 14.2. The number of esters is 1. The summed E-state index contributed by atoms with van der Waals surface area (Å²) in [5, 5.41) is 7.39. The molecule has 8 heteroatoms. The molecule has 0 radical (unpaired) electrons. The average molecular weight is 374 g/mol. The van der Waals surface area contributed by atoms with Crippen LogP contribution in [0.5, 0.6) is 5.75 Å². The number of hydrogen-bond acceptors (Lipinski definition) is 7. The molecule has 26 heavy (non-hydrogen) atoms. The van der Waals surface area contributed by atoms with Gasteiger partial charge in [0.25, 0.3) is 0 Å². The number of hydrogen-bond donors (Lipinski definition) is 1. The standard InChI is InChI=1S/C18H16ClN3O4/c1-24-13-6-3-11(4-7-13)17-21-16(26-22-17)10-20-12-5-8-15(19)14(9-12)18(23)25-2/h3-9,20H,10H2,1-2H3. The normalized spacial score (nSPS) is 10.4. The Bertz CT molecular complexity index is 909. The predicted octanol–water partition coefficient (Wildman–Crippen LogP) is 3.80. The van der Waals surface area contributed by atoms with Gasteiger partial charge >= 0.3 is 5.97 Å². The topological polar surface area (TPSA) is 86.5 Å². The molecule has 0 atom stereocenters. The first-order valence-corrected chi connectivity index (χ1v) is 8.07. The molecule has 0 aliphatic rings. The van der Waals surface area contributed by atoms with Crippen molar-refractivity contribution in [3.63, 3.8) is 0 Å². The van der Waals surface area contributed by atoms with Gasteiger partial charge in [-0.25, -0.2) is 4.79 Å². The van der Waals surface area contributed by atoms with Crippen molar-refractivity contribution < 1.29 is 18.8 Å². The number of halogens is 1. The highest BCUT2D eigenvalue weighted by molar-refractivity contribution is 6.33. The molecule has 3 aromatic rings. The fourth-order valence-electron chi connectivity index (χ4n) is 2.26. The van der Waals surface area contributed by atoms with Crippen molar-refractivity contribution in [2.45, 2.75) is 6.54 Å². The molecule has 134 valence electrons. The third-order valence-electron chi connectivity index (χ3n) is 3.63. The van der Waals surface area contributed by atoms with Gasteiger partial charge in [-0.05, 0) is 42.5 Å². The van der Waals surface area contributed by atoms with E-state index in [1.807, 2.05) is 24.3 Å². The van der Waals surface area contributed by atoms with Gasteiger partial charge in [-0.1, -0.05) is 16.8 Å². The number of benzene rings is 2. The van der Waals surface area contributed by atoms with Crippen molar-refractivity contribution >= 4 is 23.3 Å². The first kappa shape index (κ1) is 17.8. The van der Waals surface area contributed by atoms with Crippen LogP contribution in [0.25, 0.3) is 11.4 Å². The third kappa shape index (κ3) is 3.94. The summed E-state index contributed by atoms with van der Waals surface area (Å²) in [6, 6.07) is 12.3. The van der Waals surface area contributed by atoms with Gasteiger partial charge in [-0.3, -0.25) is 0 Å². The molecule has 0 aliphatic heterocycles. The summed E-state index contributed by atoms with van der Waals surface area (Å²) >= 11 is 6.00. The van der Waals surface area contributed by atoms with Gasteiger partial charge in [0, 0.05) is 11.3 Å².